The molecule has 102 valence electrons. The van der Waals surface area contributed by atoms with Crippen molar-refractivity contribution in [1.82, 2.24) is 15.0 Å². The summed E-state index contributed by atoms with van der Waals surface area (Å²) in [4.78, 5) is 11.2. The topological polar surface area (TPSA) is 68.0 Å². The smallest absolute Gasteiger partial charge is 0.338 e. The van der Waals surface area contributed by atoms with Crippen LogP contribution in [-0.4, -0.2) is 26.1 Å². The van der Waals surface area contributed by atoms with E-state index in [0.29, 0.717) is 11.4 Å². The van der Waals surface area contributed by atoms with E-state index in [1.807, 2.05) is 10.7 Å². The fourth-order valence-corrected chi connectivity index (χ4v) is 2.61. The van der Waals surface area contributed by atoms with Crippen molar-refractivity contribution in [2.45, 2.75) is 39.7 Å². The van der Waals surface area contributed by atoms with Gasteiger partial charge in [0.25, 0.3) is 0 Å². The summed E-state index contributed by atoms with van der Waals surface area (Å²) in [6.45, 7) is 6.43. The zero-order chi connectivity index (χ0) is 14.0. The van der Waals surface area contributed by atoms with Gasteiger partial charge in [-0.1, -0.05) is 38.0 Å². The second kappa shape index (κ2) is 5.38. The summed E-state index contributed by atoms with van der Waals surface area (Å²) in [5.41, 5.74) is 1.47. The third-order valence-corrected chi connectivity index (χ3v) is 3.85. The van der Waals surface area contributed by atoms with Gasteiger partial charge in [0.1, 0.15) is 5.52 Å². The van der Waals surface area contributed by atoms with Gasteiger partial charge in [0, 0.05) is 0 Å². The summed E-state index contributed by atoms with van der Waals surface area (Å²) in [5, 5.41) is 17.4. The summed E-state index contributed by atoms with van der Waals surface area (Å²) in [7, 11) is 0. The fourth-order valence-electron chi connectivity index (χ4n) is 2.61. The number of aromatic carboxylic acids is 1. The first-order valence-electron chi connectivity index (χ1n) is 6.67. The van der Waals surface area contributed by atoms with Crippen LogP contribution in [0, 0.1) is 5.92 Å². The molecule has 1 unspecified atom stereocenters. The molecule has 0 aliphatic rings. The molecule has 0 aliphatic heterocycles. The van der Waals surface area contributed by atoms with Gasteiger partial charge in [0.05, 0.1) is 17.1 Å². The van der Waals surface area contributed by atoms with Crippen LogP contribution in [0.4, 0.5) is 0 Å². The van der Waals surface area contributed by atoms with E-state index >= 15 is 0 Å². The Morgan fingerprint density at radius 1 is 1.37 bits per heavy atom. The number of rotatable bonds is 5. The molecule has 5 heteroatoms. The molecule has 0 saturated carbocycles. The maximum absolute atomic E-state index is 11.2. The van der Waals surface area contributed by atoms with E-state index in [-0.39, 0.29) is 11.6 Å². The van der Waals surface area contributed by atoms with Crippen LogP contribution >= 0.6 is 0 Å². The average molecular weight is 261 g/mol. The van der Waals surface area contributed by atoms with Crippen molar-refractivity contribution in [3.8, 4) is 0 Å². The summed E-state index contributed by atoms with van der Waals surface area (Å²) >= 11 is 0. The van der Waals surface area contributed by atoms with Crippen LogP contribution in [0.2, 0.25) is 0 Å². The number of fused-ring (bicyclic) bond motifs is 1. The minimum atomic E-state index is -0.965. The van der Waals surface area contributed by atoms with Crippen LogP contribution < -0.4 is 0 Å². The molecule has 19 heavy (non-hydrogen) atoms. The van der Waals surface area contributed by atoms with Gasteiger partial charge in [-0.3, -0.25) is 0 Å². The monoisotopic (exact) mass is 261 g/mol. The highest BCUT2D eigenvalue weighted by molar-refractivity contribution is 6.00. The average Bonchev–Trinajstić information content (AvgIpc) is 2.83. The van der Waals surface area contributed by atoms with Crippen molar-refractivity contribution in [2.75, 3.05) is 0 Å². The highest BCUT2D eigenvalue weighted by Crippen LogP contribution is 2.27. The molecule has 0 fully saturated rings. The van der Waals surface area contributed by atoms with Gasteiger partial charge < -0.3 is 5.11 Å². The molecular formula is C14H19N3O2. The van der Waals surface area contributed by atoms with E-state index in [0.717, 1.165) is 18.4 Å². The van der Waals surface area contributed by atoms with Crippen molar-refractivity contribution in [2.24, 2.45) is 5.92 Å². The predicted octanol–water partition coefficient (Wildman–Crippen LogP) is 3.13. The quantitative estimate of drug-likeness (QED) is 0.897. The molecule has 0 spiro atoms. The number of carbonyl (C=O) groups is 1. The van der Waals surface area contributed by atoms with Crippen LogP contribution in [0.1, 0.15) is 50.0 Å². The molecule has 0 saturated heterocycles. The van der Waals surface area contributed by atoms with Crippen molar-refractivity contribution >= 4 is 17.0 Å². The SMILES string of the molecule is CCC(CC)C(C)n1nnc2c(C(=O)O)cccc21. The van der Waals surface area contributed by atoms with Gasteiger partial charge in [0.2, 0.25) is 0 Å². The Labute approximate surface area is 112 Å². The van der Waals surface area contributed by atoms with Gasteiger partial charge >= 0.3 is 5.97 Å². The van der Waals surface area contributed by atoms with Gasteiger partial charge in [0.15, 0.2) is 0 Å². The highest BCUT2D eigenvalue weighted by Gasteiger charge is 2.20. The van der Waals surface area contributed by atoms with Crippen molar-refractivity contribution in [3.63, 3.8) is 0 Å². The summed E-state index contributed by atoms with van der Waals surface area (Å²) in [6.07, 6.45) is 2.13. The fraction of sp³-hybridized carbons (Fsp3) is 0.500. The Morgan fingerprint density at radius 3 is 2.63 bits per heavy atom. The lowest BCUT2D eigenvalue weighted by Gasteiger charge is -2.21. The number of nitrogens with zero attached hydrogens (tertiary/aromatic N) is 3. The lowest BCUT2D eigenvalue weighted by Crippen LogP contribution is -2.16. The first-order chi connectivity index (χ1) is 9.10. The molecule has 1 aromatic carbocycles. The molecule has 0 amide bonds. The van der Waals surface area contributed by atoms with Crippen molar-refractivity contribution < 1.29 is 9.90 Å². The summed E-state index contributed by atoms with van der Waals surface area (Å²) in [6, 6.07) is 5.39. The van der Waals surface area contributed by atoms with Crippen LogP contribution in [0.15, 0.2) is 18.2 Å². The zero-order valence-corrected chi connectivity index (χ0v) is 11.5. The normalized spacial score (nSPS) is 13.1. The maximum Gasteiger partial charge on any atom is 0.338 e. The zero-order valence-electron chi connectivity index (χ0n) is 11.5. The Morgan fingerprint density at radius 2 is 2.05 bits per heavy atom. The van der Waals surface area contributed by atoms with E-state index in [1.165, 1.54) is 0 Å². The second-order valence-electron chi connectivity index (χ2n) is 4.83. The molecule has 1 N–H and O–H groups in total. The van der Waals surface area contributed by atoms with E-state index in [1.54, 1.807) is 12.1 Å². The van der Waals surface area contributed by atoms with Gasteiger partial charge in [-0.25, -0.2) is 9.48 Å². The van der Waals surface area contributed by atoms with Crippen LogP contribution in [0.5, 0.6) is 0 Å². The lowest BCUT2D eigenvalue weighted by molar-refractivity contribution is 0.0699. The lowest BCUT2D eigenvalue weighted by atomic mass is 9.95. The van der Waals surface area contributed by atoms with Gasteiger partial charge in [-0.15, -0.1) is 5.10 Å². The van der Waals surface area contributed by atoms with E-state index in [2.05, 4.69) is 31.1 Å². The van der Waals surface area contributed by atoms with E-state index in [9.17, 15) is 4.79 Å². The number of carboxylic acid groups (broad SMARTS) is 1. The first kappa shape index (κ1) is 13.5. The van der Waals surface area contributed by atoms with Crippen molar-refractivity contribution in [1.29, 1.82) is 0 Å². The maximum atomic E-state index is 11.2. The number of benzene rings is 1. The summed E-state index contributed by atoms with van der Waals surface area (Å²) < 4.78 is 1.85. The molecular weight excluding hydrogens is 242 g/mol. The summed E-state index contributed by atoms with van der Waals surface area (Å²) in [5.74, 6) is -0.453. The van der Waals surface area contributed by atoms with Gasteiger partial charge in [-0.2, -0.15) is 0 Å². The first-order valence-corrected chi connectivity index (χ1v) is 6.67. The largest absolute Gasteiger partial charge is 0.478 e. The van der Waals surface area contributed by atoms with Gasteiger partial charge in [-0.05, 0) is 25.0 Å². The Kier molecular flexibility index (Phi) is 3.83. The molecule has 0 radical (unpaired) electrons. The Hall–Kier alpha value is -1.91. The van der Waals surface area contributed by atoms with Crippen LogP contribution in [0.25, 0.3) is 11.0 Å². The highest BCUT2D eigenvalue weighted by atomic mass is 16.4. The molecule has 5 nitrogen and oxygen atoms in total. The molecule has 1 heterocycles. The second-order valence-corrected chi connectivity index (χ2v) is 4.83. The molecule has 1 aromatic heterocycles. The Balaban J connectivity index is 2.52. The third-order valence-electron chi connectivity index (χ3n) is 3.85. The predicted molar refractivity (Wildman–Crippen MR) is 73.3 cm³/mol. The standard InChI is InChI=1S/C14H19N3O2/c1-4-10(5-2)9(3)17-12-8-6-7-11(14(18)19)13(12)15-16-17/h6-10H,4-5H2,1-3H3,(H,18,19). The molecule has 1 atom stereocenters. The number of aromatic nitrogens is 3. The Bertz CT molecular complexity index is 587. The third kappa shape index (κ3) is 2.32. The molecule has 2 aromatic rings. The molecule has 2 rings (SSSR count). The number of carboxylic acids is 1. The van der Waals surface area contributed by atoms with Crippen LogP contribution in [-0.2, 0) is 0 Å². The molecule has 0 bridgehead atoms. The minimum Gasteiger partial charge on any atom is -0.478 e. The van der Waals surface area contributed by atoms with E-state index in [4.69, 9.17) is 5.11 Å². The van der Waals surface area contributed by atoms with Crippen molar-refractivity contribution in [3.05, 3.63) is 23.8 Å². The number of hydrogen-bond donors (Lipinski definition) is 1. The number of hydrogen-bond acceptors (Lipinski definition) is 3. The minimum absolute atomic E-state index is 0.209. The molecule has 0 aliphatic carbocycles. The van der Waals surface area contributed by atoms with Crippen LogP contribution in [0.3, 0.4) is 0 Å². The van der Waals surface area contributed by atoms with E-state index < -0.39 is 5.97 Å².